The molecule has 0 aromatic heterocycles. The average Bonchev–Trinajstić information content (AvgIpc) is 2.93. The van der Waals surface area contributed by atoms with Crippen LogP contribution in [0.2, 0.25) is 0 Å². The second kappa shape index (κ2) is 5.09. The number of nitrogens with zero attached hydrogens (tertiary/aromatic N) is 1. The van der Waals surface area contributed by atoms with Crippen LogP contribution in [0.15, 0.2) is 22.7 Å². The van der Waals surface area contributed by atoms with E-state index in [9.17, 15) is 4.79 Å². The Hall–Kier alpha value is -0.140. The molecule has 5 heteroatoms. The number of hydrogen-bond donors (Lipinski definition) is 1. The number of nitrogens with one attached hydrogen (secondary N) is 1. The van der Waals surface area contributed by atoms with E-state index < -0.39 is 0 Å². The van der Waals surface area contributed by atoms with E-state index in [1.165, 1.54) is 0 Å². The summed E-state index contributed by atoms with van der Waals surface area (Å²) in [5, 5.41) is 3.38. The summed E-state index contributed by atoms with van der Waals surface area (Å²) in [7, 11) is 0. The number of rotatable bonds is 1. The van der Waals surface area contributed by atoms with Crippen LogP contribution in [0.1, 0.15) is 16.8 Å². The van der Waals surface area contributed by atoms with E-state index in [-0.39, 0.29) is 5.91 Å². The van der Waals surface area contributed by atoms with E-state index in [1.807, 2.05) is 23.1 Å². The molecular formula is C13H14BrIN2O. The number of fused-ring (bicyclic) bond motifs is 1. The van der Waals surface area contributed by atoms with Crippen molar-refractivity contribution in [1.82, 2.24) is 10.2 Å². The van der Waals surface area contributed by atoms with Gasteiger partial charge >= 0.3 is 0 Å². The van der Waals surface area contributed by atoms with Crippen molar-refractivity contribution >= 4 is 44.4 Å². The highest BCUT2D eigenvalue weighted by atomic mass is 127. The maximum Gasteiger partial charge on any atom is 0.255 e. The molecule has 0 bridgehead atoms. The fraction of sp³-hybridized carbons (Fsp3) is 0.462. The molecule has 1 N–H and O–H groups in total. The lowest BCUT2D eigenvalue weighted by Gasteiger charge is -2.24. The van der Waals surface area contributed by atoms with Crippen molar-refractivity contribution < 1.29 is 4.79 Å². The first-order valence-corrected chi connectivity index (χ1v) is 8.01. The highest BCUT2D eigenvalue weighted by molar-refractivity contribution is 14.1. The van der Waals surface area contributed by atoms with Gasteiger partial charge < -0.3 is 10.2 Å². The molecule has 0 radical (unpaired) electrons. The van der Waals surface area contributed by atoms with Crippen LogP contribution in [0.5, 0.6) is 0 Å². The average molecular weight is 421 g/mol. The quantitative estimate of drug-likeness (QED) is 0.708. The molecule has 1 aromatic rings. The lowest BCUT2D eigenvalue weighted by Crippen LogP contribution is -2.39. The van der Waals surface area contributed by atoms with Gasteiger partial charge in [0.1, 0.15) is 0 Å². The Kier molecular flexibility index (Phi) is 3.64. The first-order valence-electron chi connectivity index (χ1n) is 6.13. The summed E-state index contributed by atoms with van der Waals surface area (Å²) >= 11 is 5.73. The molecule has 2 aliphatic heterocycles. The molecule has 2 fully saturated rings. The van der Waals surface area contributed by atoms with Crippen molar-refractivity contribution in [2.45, 2.75) is 12.5 Å². The van der Waals surface area contributed by atoms with Crippen LogP contribution in [0.3, 0.4) is 0 Å². The fourth-order valence-corrected chi connectivity index (χ4v) is 3.82. The second-order valence-corrected chi connectivity index (χ2v) is 7.00. The summed E-state index contributed by atoms with van der Waals surface area (Å²) in [5.41, 5.74) is 0.787. The third-order valence-corrected chi connectivity index (χ3v) is 5.23. The Morgan fingerprint density at radius 1 is 1.44 bits per heavy atom. The summed E-state index contributed by atoms with van der Waals surface area (Å²) in [5.74, 6) is 0.812. The van der Waals surface area contributed by atoms with E-state index in [0.717, 1.165) is 39.7 Å². The van der Waals surface area contributed by atoms with Gasteiger partial charge in [-0.05, 0) is 69.1 Å². The van der Waals surface area contributed by atoms with Gasteiger partial charge in [-0.2, -0.15) is 0 Å². The molecule has 2 heterocycles. The van der Waals surface area contributed by atoms with Gasteiger partial charge in [-0.1, -0.05) is 0 Å². The van der Waals surface area contributed by atoms with Crippen LogP contribution in [0.4, 0.5) is 0 Å². The maximum absolute atomic E-state index is 12.6. The van der Waals surface area contributed by atoms with E-state index >= 15 is 0 Å². The number of halogens is 2. The van der Waals surface area contributed by atoms with Crippen LogP contribution in [0.25, 0.3) is 0 Å². The zero-order valence-corrected chi connectivity index (χ0v) is 13.6. The highest BCUT2D eigenvalue weighted by Crippen LogP contribution is 2.30. The summed E-state index contributed by atoms with van der Waals surface area (Å²) in [4.78, 5) is 14.7. The number of carbonyl (C=O) groups excluding carboxylic acids is 1. The number of likely N-dealkylation sites (tertiary alicyclic amines) is 1. The minimum atomic E-state index is 0.164. The topological polar surface area (TPSA) is 32.3 Å². The van der Waals surface area contributed by atoms with Gasteiger partial charge in [-0.25, -0.2) is 0 Å². The molecule has 18 heavy (non-hydrogen) atoms. The first kappa shape index (κ1) is 12.9. The molecule has 0 saturated carbocycles. The van der Waals surface area contributed by atoms with Crippen LogP contribution < -0.4 is 5.32 Å². The molecule has 2 saturated heterocycles. The van der Waals surface area contributed by atoms with Crippen molar-refractivity contribution in [3.63, 3.8) is 0 Å². The third kappa shape index (κ3) is 2.20. The molecule has 0 aliphatic carbocycles. The summed E-state index contributed by atoms with van der Waals surface area (Å²) in [6.45, 7) is 2.90. The van der Waals surface area contributed by atoms with Gasteiger partial charge in [0.15, 0.2) is 0 Å². The zero-order valence-electron chi connectivity index (χ0n) is 9.83. The summed E-state index contributed by atoms with van der Waals surface area (Å²) in [6.07, 6.45) is 1.13. The predicted octanol–water partition coefficient (Wildman–Crippen LogP) is 2.49. The minimum Gasteiger partial charge on any atom is -0.334 e. The van der Waals surface area contributed by atoms with E-state index in [0.29, 0.717) is 12.0 Å². The second-order valence-electron chi connectivity index (χ2n) is 4.90. The molecule has 0 spiro atoms. The summed E-state index contributed by atoms with van der Waals surface area (Å²) in [6, 6.07) is 6.31. The molecule has 3 nitrogen and oxygen atoms in total. The molecule has 1 amide bonds. The lowest BCUT2D eigenvalue weighted by molar-refractivity contribution is 0.0736. The molecule has 1 aromatic carbocycles. The SMILES string of the molecule is O=C(c1cc(I)ccc1Br)N1CC[C@H]2CNC[C@H]21. The number of hydrogen-bond acceptors (Lipinski definition) is 2. The van der Waals surface area contributed by atoms with Gasteiger partial charge in [0.2, 0.25) is 0 Å². The Morgan fingerprint density at radius 2 is 2.28 bits per heavy atom. The maximum atomic E-state index is 12.6. The monoisotopic (exact) mass is 420 g/mol. The zero-order chi connectivity index (χ0) is 12.7. The predicted molar refractivity (Wildman–Crippen MR) is 82.7 cm³/mol. The van der Waals surface area contributed by atoms with Gasteiger partial charge in [0, 0.05) is 33.7 Å². The van der Waals surface area contributed by atoms with Crippen LogP contribution in [-0.2, 0) is 0 Å². The number of carbonyl (C=O) groups is 1. The highest BCUT2D eigenvalue weighted by Gasteiger charge is 2.40. The van der Waals surface area contributed by atoms with Gasteiger partial charge in [0.25, 0.3) is 5.91 Å². The normalized spacial score (nSPS) is 26.4. The lowest BCUT2D eigenvalue weighted by atomic mass is 10.0. The van der Waals surface area contributed by atoms with Gasteiger partial charge in [0.05, 0.1) is 5.56 Å². The number of amides is 1. The van der Waals surface area contributed by atoms with Crippen LogP contribution >= 0.6 is 38.5 Å². The number of benzene rings is 1. The van der Waals surface area contributed by atoms with Gasteiger partial charge in [-0.3, -0.25) is 4.79 Å². The summed E-state index contributed by atoms with van der Waals surface area (Å²) < 4.78 is 1.99. The first-order chi connectivity index (χ1) is 8.66. The Bertz CT molecular complexity index is 494. The van der Waals surface area contributed by atoms with E-state index in [2.05, 4.69) is 43.8 Å². The fourth-order valence-electron chi connectivity index (χ4n) is 2.92. The Balaban J connectivity index is 1.88. The van der Waals surface area contributed by atoms with E-state index in [1.54, 1.807) is 0 Å². The van der Waals surface area contributed by atoms with Crippen molar-refractivity contribution in [2.24, 2.45) is 5.92 Å². The molecular weight excluding hydrogens is 407 g/mol. The minimum absolute atomic E-state index is 0.164. The molecule has 2 aliphatic rings. The van der Waals surface area contributed by atoms with E-state index in [4.69, 9.17) is 0 Å². The largest absolute Gasteiger partial charge is 0.334 e. The van der Waals surface area contributed by atoms with Crippen molar-refractivity contribution in [3.8, 4) is 0 Å². The van der Waals surface area contributed by atoms with Crippen molar-refractivity contribution in [1.29, 1.82) is 0 Å². The van der Waals surface area contributed by atoms with Crippen molar-refractivity contribution in [3.05, 3.63) is 31.8 Å². The van der Waals surface area contributed by atoms with Crippen molar-refractivity contribution in [2.75, 3.05) is 19.6 Å². The molecule has 0 unspecified atom stereocenters. The van der Waals surface area contributed by atoms with Crippen LogP contribution in [0, 0.1) is 9.49 Å². The Labute approximate surface area is 129 Å². The molecule has 96 valence electrons. The molecule has 3 rings (SSSR count). The van der Waals surface area contributed by atoms with Crippen LogP contribution in [-0.4, -0.2) is 36.5 Å². The standard InChI is InChI=1S/C13H14BrIN2O/c14-11-2-1-9(15)5-10(11)13(18)17-4-3-8-6-16-7-12(8)17/h1-2,5,8,12,16H,3-4,6-7H2/t8-,12+/m0/s1. The Morgan fingerprint density at radius 3 is 3.11 bits per heavy atom. The smallest absolute Gasteiger partial charge is 0.255 e. The third-order valence-electron chi connectivity index (χ3n) is 3.86. The van der Waals surface area contributed by atoms with Gasteiger partial charge in [-0.15, -0.1) is 0 Å². The molecule has 2 atom stereocenters.